The molecule has 152 valence electrons. The fraction of sp³-hybridized carbons (Fsp3) is 0.520. The van der Waals surface area contributed by atoms with Gasteiger partial charge in [0.05, 0.1) is 26.4 Å². The highest BCUT2D eigenvalue weighted by molar-refractivity contribution is 5.14. The van der Waals surface area contributed by atoms with Crippen LogP contribution in [0.25, 0.3) is 0 Å². The molecule has 1 N–H and O–H groups in total. The Balaban J connectivity index is 1.60. The van der Waals surface area contributed by atoms with Gasteiger partial charge in [-0.05, 0) is 29.9 Å². The lowest BCUT2D eigenvalue weighted by Gasteiger charge is -2.29. The molecule has 0 bridgehead atoms. The maximum atomic E-state index is 6.20. The summed E-state index contributed by atoms with van der Waals surface area (Å²) in [5.41, 5.74) is 2.53. The van der Waals surface area contributed by atoms with Gasteiger partial charge in [-0.1, -0.05) is 81.4 Å². The molecule has 0 aromatic heterocycles. The molecule has 1 saturated carbocycles. The van der Waals surface area contributed by atoms with E-state index in [9.17, 15) is 0 Å². The monoisotopic (exact) mass is 381 g/mol. The minimum atomic E-state index is 0.0789. The average Bonchev–Trinajstić information content (AvgIpc) is 2.98. The lowest BCUT2D eigenvalue weighted by Crippen LogP contribution is -2.38. The van der Waals surface area contributed by atoms with Crippen LogP contribution in [0.2, 0.25) is 0 Å². The van der Waals surface area contributed by atoms with Crippen molar-refractivity contribution in [3.8, 4) is 0 Å². The van der Waals surface area contributed by atoms with Crippen LogP contribution >= 0.6 is 0 Å². The van der Waals surface area contributed by atoms with E-state index in [0.29, 0.717) is 31.2 Å². The van der Waals surface area contributed by atoms with Crippen LogP contribution < -0.4 is 5.32 Å². The Labute approximate surface area is 170 Å². The summed E-state index contributed by atoms with van der Waals surface area (Å²) in [5.74, 6) is 0.628. The Morgan fingerprint density at radius 3 is 1.82 bits per heavy atom. The Hall–Kier alpha value is -1.68. The van der Waals surface area contributed by atoms with Gasteiger partial charge >= 0.3 is 0 Å². The molecule has 0 unspecified atom stereocenters. The van der Waals surface area contributed by atoms with Gasteiger partial charge in [-0.25, -0.2) is 0 Å². The van der Waals surface area contributed by atoms with Crippen molar-refractivity contribution < 1.29 is 9.47 Å². The minimum absolute atomic E-state index is 0.0789. The van der Waals surface area contributed by atoms with Crippen molar-refractivity contribution in [2.45, 2.75) is 58.9 Å². The zero-order valence-corrected chi connectivity index (χ0v) is 17.6. The number of hydrogen-bond donors (Lipinski definition) is 1. The van der Waals surface area contributed by atoms with Crippen LogP contribution in [0.4, 0.5) is 0 Å². The van der Waals surface area contributed by atoms with E-state index in [2.05, 4.69) is 74.6 Å². The number of ether oxygens (including phenoxy) is 2. The highest BCUT2D eigenvalue weighted by Crippen LogP contribution is 2.43. The average molecular weight is 382 g/mol. The van der Waals surface area contributed by atoms with E-state index < -0.39 is 0 Å². The zero-order valence-electron chi connectivity index (χ0n) is 17.6. The van der Waals surface area contributed by atoms with Crippen molar-refractivity contribution in [1.82, 2.24) is 5.32 Å². The minimum Gasteiger partial charge on any atom is -0.376 e. The molecule has 0 amide bonds. The maximum absolute atomic E-state index is 6.20. The van der Waals surface area contributed by atoms with Crippen LogP contribution in [0.1, 0.15) is 44.7 Å². The molecule has 2 aromatic rings. The normalized spacial score (nSPS) is 21.3. The summed E-state index contributed by atoms with van der Waals surface area (Å²) in [5, 5.41) is 3.75. The van der Waals surface area contributed by atoms with Gasteiger partial charge in [0.25, 0.3) is 0 Å². The van der Waals surface area contributed by atoms with E-state index in [1.165, 1.54) is 11.1 Å². The van der Waals surface area contributed by atoms with Gasteiger partial charge in [-0.2, -0.15) is 0 Å². The summed E-state index contributed by atoms with van der Waals surface area (Å²) < 4.78 is 12.4. The van der Waals surface area contributed by atoms with E-state index in [-0.39, 0.29) is 5.41 Å². The van der Waals surface area contributed by atoms with Gasteiger partial charge in [0, 0.05) is 17.5 Å². The molecular formula is C25H35NO2. The fourth-order valence-corrected chi connectivity index (χ4v) is 4.42. The fourth-order valence-electron chi connectivity index (χ4n) is 4.42. The molecule has 0 spiro atoms. The quantitative estimate of drug-likeness (QED) is 0.613. The third-order valence-corrected chi connectivity index (χ3v) is 5.68. The third kappa shape index (κ3) is 6.16. The van der Waals surface area contributed by atoms with Gasteiger partial charge in [0.15, 0.2) is 0 Å². The Kier molecular flexibility index (Phi) is 7.66. The second kappa shape index (κ2) is 10.2. The first-order chi connectivity index (χ1) is 13.6. The van der Waals surface area contributed by atoms with Crippen molar-refractivity contribution in [3.05, 3.63) is 71.8 Å². The van der Waals surface area contributed by atoms with Gasteiger partial charge < -0.3 is 14.8 Å². The Bertz CT molecular complexity index is 641. The number of nitrogens with one attached hydrogen (secondary N) is 1. The first-order valence-corrected chi connectivity index (χ1v) is 10.6. The largest absolute Gasteiger partial charge is 0.376 e. The van der Waals surface area contributed by atoms with E-state index in [0.717, 1.165) is 26.1 Å². The first kappa shape index (κ1) is 21.0. The number of benzene rings is 2. The standard InChI is InChI=1S/C25H35NO2/c1-20(2)26-24-15-25(14-21(24)3,18-27-16-22-10-6-4-7-11-22)19-28-17-23-12-8-5-9-13-23/h4-13,20-21,24,26H,14-19H2,1-3H3/t21-,24-/m0/s1. The van der Waals surface area contributed by atoms with E-state index in [4.69, 9.17) is 9.47 Å². The number of rotatable bonds is 10. The van der Waals surface area contributed by atoms with Gasteiger partial charge in [-0.3, -0.25) is 0 Å². The van der Waals surface area contributed by atoms with Crippen LogP contribution in [0.3, 0.4) is 0 Å². The summed E-state index contributed by atoms with van der Waals surface area (Å²) >= 11 is 0. The molecular weight excluding hydrogens is 346 g/mol. The Morgan fingerprint density at radius 1 is 0.857 bits per heavy atom. The highest BCUT2D eigenvalue weighted by atomic mass is 16.5. The molecule has 0 saturated heterocycles. The molecule has 3 nitrogen and oxygen atoms in total. The Morgan fingerprint density at radius 2 is 1.36 bits per heavy atom. The summed E-state index contributed by atoms with van der Waals surface area (Å²) in [6, 6.07) is 21.9. The molecule has 0 heterocycles. The molecule has 0 radical (unpaired) electrons. The lowest BCUT2D eigenvalue weighted by atomic mass is 9.87. The topological polar surface area (TPSA) is 30.5 Å². The predicted octanol–water partition coefficient (Wildman–Crippen LogP) is 5.20. The SMILES string of the molecule is CC(C)N[C@H]1CC(COCc2ccccc2)(COCc2ccccc2)C[C@@H]1C. The summed E-state index contributed by atoms with van der Waals surface area (Å²) in [7, 11) is 0. The molecule has 0 aliphatic heterocycles. The van der Waals surface area contributed by atoms with Crippen LogP contribution in [0.15, 0.2) is 60.7 Å². The van der Waals surface area contributed by atoms with E-state index in [1.807, 2.05) is 12.1 Å². The van der Waals surface area contributed by atoms with E-state index in [1.54, 1.807) is 0 Å². The molecule has 1 aliphatic rings. The first-order valence-electron chi connectivity index (χ1n) is 10.6. The molecule has 28 heavy (non-hydrogen) atoms. The van der Waals surface area contributed by atoms with Gasteiger partial charge in [0.2, 0.25) is 0 Å². The molecule has 3 heteroatoms. The van der Waals surface area contributed by atoms with Crippen molar-refractivity contribution >= 4 is 0 Å². The van der Waals surface area contributed by atoms with Crippen molar-refractivity contribution in [1.29, 1.82) is 0 Å². The van der Waals surface area contributed by atoms with Crippen molar-refractivity contribution in [2.75, 3.05) is 13.2 Å². The molecule has 2 atom stereocenters. The van der Waals surface area contributed by atoms with E-state index >= 15 is 0 Å². The van der Waals surface area contributed by atoms with Crippen LogP contribution in [0.5, 0.6) is 0 Å². The lowest BCUT2D eigenvalue weighted by molar-refractivity contribution is -0.0321. The van der Waals surface area contributed by atoms with Gasteiger partial charge in [-0.15, -0.1) is 0 Å². The predicted molar refractivity (Wildman–Crippen MR) is 115 cm³/mol. The second-order valence-electron chi connectivity index (χ2n) is 8.77. The molecule has 1 aliphatic carbocycles. The molecule has 3 rings (SSSR count). The van der Waals surface area contributed by atoms with Crippen LogP contribution in [0, 0.1) is 11.3 Å². The van der Waals surface area contributed by atoms with Gasteiger partial charge in [0.1, 0.15) is 0 Å². The maximum Gasteiger partial charge on any atom is 0.0717 e. The van der Waals surface area contributed by atoms with Crippen LogP contribution in [-0.2, 0) is 22.7 Å². The molecule has 2 aromatic carbocycles. The zero-order chi connectivity index (χ0) is 19.8. The summed E-state index contributed by atoms with van der Waals surface area (Å²) in [4.78, 5) is 0. The third-order valence-electron chi connectivity index (χ3n) is 5.68. The second-order valence-corrected chi connectivity index (χ2v) is 8.77. The smallest absolute Gasteiger partial charge is 0.0717 e. The number of hydrogen-bond acceptors (Lipinski definition) is 3. The molecule has 1 fully saturated rings. The van der Waals surface area contributed by atoms with Crippen molar-refractivity contribution in [2.24, 2.45) is 11.3 Å². The van der Waals surface area contributed by atoms with Crippen molar-refractivity contribution in [3.63, 3.8) is 0 Å². The summed E-state index contributed by atoms with van der Waals surface area (Å²) in [6.45, 7) is 9.63. The van der Waals surface area contributed by atoms with Crippen LogP contribution in [-0.4, -0.2) is 25.3 Å². The highest BCUT2D eigenvalue weighted by Gasteiger charge is 2.44. The summed E-state index contributed by atoms with van der Waals surface area (Å²) in [6.07, 6.45) is 2.25.